The summed E-state index contributed by atoms with van der Waals surface area (Å²) in [6, 6.07) is 33.2. The molecular formula is C30H31N2O+. The zero-order valence-electron chi connectivity index (χ0n) is 19.0. The summed E-state index contributed by atoms with van der Waals surface area (Å²) in [6.07, 6.45) is 3.78. The first-order valence-corrected chi connectivity index (χ1v) is 12.0. The Morgan fingerprint density at radius 1 is 0.758 bits per heavy atom. The van der Waals surface area contributed by atoms with E-state index in [1.807, 2.05) is 42.5 Å². The summed E-state index contributed by atoms with van der Waals surface area (Å²) in [4.78, 5) is 14.4. The molecule has 0 bridgehead atoms. The summed E-state index contributed by atoms with van der Waals surface area (Å²) in [5.74, 6) is 0.739. The van der Waals surface area contributed by atoms with Gasteiger partial charge < -0.3 is 10.2 Å². The van der Waals surface area contributed by atoms with Gasteiger partial charge in [0.05, 0.1) is 13.1 Å². The van der Waals surface area contributed by atoms with E-state index in [0.717, 1.165) is 23.5 Å². The molecule has 5 rings (SSSR count). The van der Waals surface area contributed by atoms with Crippen LogP contribution >= 0.6 is 0 Å². The van der Waals surface area contributed by atoms with Crippen LogP contribution in [0.25, 0.3) is 10.8 Å². The maximum absolute atomic E-state index is 12.7. The molecule has 4 aromatic carbocycles. The highest BCUT2D eigenvalue weighted by Gasteiger charge is 2.22. The lowest BCUT2D eigenvalue weighted by Crippen LogP contribution is -3.11. The van der Waals surface area contributed by atoms with Crippen molar-refractivity contribution in [2.24, 2.45) is 5.92 Å². The van der Waals surface area contributed by atoms with E-state index in [1.54, 1.807) is 4.90 Å². The minimum Gasteiger partial charge on any atom is -0.331 e. The highest BCUT2D eigenvalue weighted by molar-refractivity contribution is 6.05. The number of piperidine rings is 1. The number of carbonyl (C=O) groups is 1. The van der Waals surface area contributed by atoms with Gasteiger partial charge in [-0.1, -0.05) is 72.8 Å². The van der Waals surface area contributed by atoms with Crippen LogP contribution < -0.4 is 10.2 Å². The van der Waals surface area contributed by atoms with Crippen LogP contribution in [-0.4, -0.2) is 19.0 Å². The molecule has 3 heteroatoms. The predicted octanol–water partition coefficient (Wildman–Crippen LogP) is 5.13. The molecule has 0 aromatic heterocycles. The van der Waals surface area contributed by atoms with Crippen LogP contribution in [0.15, 0.2) is 97.1 Å². The average molecular weight is 436 g/mol. The number of benzene rings is 4. The van der Waals surface area contributed by atoms with Gasteiger partial charge in [0.25, 0.3) is 5.91 Å². The molecule has 2 N–H and O–H groups in total. The van der Waals surface area contributed by atoms with E-state index in [4.69, 9.17) is 0 Å². The van der Waals surface area contributed by atoms with Gasteiger partial charge in [-0.2, -0.15) is 0 Å². The van der Waals surface area contributed by atoms with E-state index in [0.29, 0.717) is 5.56 Å². The number of nitrogens with one attached hydrogen (secondary N) is 2. The third-order valence-electron chi connectivity index (χ3n) is 6.86. The van der Waals surface area contributed by atoms with Crippen LogP contribution in [0.4, 0.5) is 5.69 Å². The Morgan fingerprint density at radius 3 is 2.21 bits per heavy atom. The smallest absolute Gasteiger partial charge is 0.255 e. The number of amides is 1. The average Bonchev–Trinajstić information content (AvgIpc) is 2.86. The van der Waals surface area contributed by atoms with E-state index in [1.165, 1.54) is 48.9 Å². The van der Waals surface area contributed by atoms with E-state index < -0.39 is 0 Å². The Kier molecular flexibility index (Phi) is 6.50. The van der Waals surface area contributed by atoms with Crippen molar-refractivity contribution in [1.29, 1.82) is 0 Å². The summed E-state index contributed by atoms with van der Waals surface area (Å²) in [5, 5.41) is 5.33. The van der Waals surface area contributed by atoms with Gasteiger partial charge in [-0.25, -0.2) is 0 Å². The Labute approximate surface area is 196 Å². The summed E-state index contributed by atoms with van der Waals surface area (Å²) < 4.78 is 0. The van der Waals surface area contributed by atoms with Crippen molar-refractivity contribution in [1.82, 2.24) is 0 Å². The molecule has 1 aliphatic heterocycles. The van der Waals surface area contributed by atoms with Crippen LogP contribution in [0, 0.1) is 5.92 Å². The van der Waals surface area contributed by atoms with E-state index >= 15 is 0 Å². The molecule has 1 heterocycles. The summed E-state index contributed by atoms with van der Waals surface area (Å²) >= 11 is 0. The third-order valence-corrected chi connectivity index (χ3v) is 6.86. The number of likely N-dealkylation sites (tertiary alicyclic amines) is 1. The molecule has 0 saturated carbocycles. The maximum atomic E-state index is 12.7. The van der Waals surface area contributed by atoms with Gasteiger partial charge in [0, 0.05) is 16.8 Å². The molecule has 0 spiro atoms. The summed E-state index contributed by atoms with van der Waals surface area (Å²) in [5.41, 5.74) is 4.28. The molecule has 1 aliphatic rings. The first-order chi connectivity index (χ1) is 16.2. The molecule has 33 heavy (non-hydrogen) atoms. The predicted molar refractivity (Wildman–Crippen MR) is 136 cm³/mol. The SMILES string of the molecule is O=C(Nc1ccc2ccccc2c1)c1ccc(C[NH+]2CCC(Cc3ccccc3)CC2)cc1. The highest BCUT2D eigenvalue weighted by Crippen LogP contribution is 2.20. The summed E-state index contributed by atoms with van der Waals surface area (Å²) in [6.45, 7) is 3.48. The van der Waals surface area contributed by atoms with Gasteiger partial charge in [-0.05, 0) is 65.8 Å². The first kappa shape index (κ1) is 21.4. The molecule has 4 aromatic rings. The van der Waals surface area contributed by atoms with Crippen molar-refractivity contribution in [3.63, 3.8) is 0 Å². The first-order valence-electron chi connectivity index (χ1n) is 12.0. The number of rotatable bonds is 6. The Balaban J connectivity index is 1.13. The van der Waals surface area contributed by atoms with Gasteiger partial charge in [-0.3, -0.25) is 4.79 Å². The minimum atomic E-state index is -0.0640. The Bertz CT molecular complexity index is 1210. The molecule has 3 nitrogen and oxygen atoms in total. The second-order valence-electron chi connectivity index (χ2n) is 9.27. The standard InChI is InChI=1S/C30H30N2O/c33-30(31-29-15-14-26-8-4-5-9-28(26)21-29)27-12-10-25(11-13-27)22-32-18-16-24(17-19-32)20-23-6-2-1-3-7-23/h1-15,21,24H,16-20,22H2,(H,31,33)/p+1. The molecule has 166 valence electrons. The van der Waals surface area contributed by atoms with Crippen molar-refractivity contribution >= 4 is 22.4 Å². The normalized spacial score (nSPS) is 18.2. The fraction of sp³-hybridized carbons (Fsp3) is 0.233. The Morgan fingerprint density at radius 2 is 1.45 bits per heavy atom. The van der Waals surface area contributed by atoms with Crippen LogP contribution in [0.3, 0.4) is 0 Å². The topological polar surface area (TPSA) is 33.5 Å². The molecular weight excluding hydrogens is 404 g/mol. The van der Waals surface area contributed by atoms with Gasteiger partial charge in [0.1, 0.15) is 6.54 Å². The fourth-order valence-corrected chi connectivity index (χ4v) is 4.95. The second kappa shape index (κ2) is 10.0. The molecule has 1 saturated heterocycles. The number of carbonyl (C=O) groups excluding carboxylic acids is 1. The van der Waals surface area contributed by atoms with Crippen LogP contribution in [0.1, 0.15) is 34.3 Å². The van der Waals surface area contributed by atoms with Crippen molar-refractivity contribution in [2.75, 3.05) is 18.4 Å². The lowest BCUT2D eigenvalue weighted by Gasteiger charge is -2.29. The molecule has 0 unspecified atom stereocenters. The zero-order chi connectivity index (χ0) is 22.5. The van der Waals surface area contributed by atoms with Crippen LogP contribution in [0.2, 0.25) is 0 Å². The van der Waals surface area contributed by atoms with E-state index in [2.05, 4.69) is 59.9 Å². The molecule has 0 radical (unpaired) electrons. The van der Waals surface area contributed by atoms with Gasteiger partial charge in [0.15, 0.2) is 0 Å². The van der Waals surface area contributed by atoms with Crippen LogP contribution in [0.5, 0.6) is 0 Å². The van der Waals surface area contributed by atoms with Crippen molar-refractivity contribution in [3.8, 4) is 0 Å². The van der Waals surface area contributed by atoms with Crippen LogP contribution in [-0.2, 0) is 13.0 Å². The molecule has 1 fully saturated rings. The monoisotopic (exact) mass is 435 g/mol. The van der Waals surface area contributed by atoms with Gasteiger partial charge >= 0.3 is 0 Å². The van der Waals surface area contributed by atoms with Gasteiger partial charge in [-0.15, -0.1) is 0 Å². The maximum Gasteiger partial charge on any atom is 0.255 e. The lowest BCUT2D eigenvalue weighted by atomic mass is 9.90. The molecule has 0 aliphatic carbocycles. The minimum absolute atomic E-state index is 0.0640. The highest BCUT2D eigenvalue weighted by atomic mass is 16.1. The number of hydrogen-bond donors (Lipinski definition) is 2. The molecule has 1 amide bonds. The number of fused-ring (bicyclic) bond motifs is 1. The zero-order valence-corrected chi connectivity index (χ0v) is 19.0. The number of quaternary nitrogens is 1. The Hall–Kier alpha value is -3.43. The fourth-order valence-electron chi connectivity index (χ4n) is 4.95. The third kappa shape index (κ3) is 5.50. The number of anilines is 1. The lowest BCUT2D eigenvalue weighted by molar-refractivity contribution is -0.919. The van der Waals surface area contributed by atoms with Crippen molar-refractivity contribution in [2.45, 2.75) is 25.8 Å². The second-order valence-corrected chi connectivity index (χ2v) is 9.27. The molecule has 0 atom stereocenters. The van der Waals surface area contributed by atoms with E-state index in [9.17, 15) is 4.79 Å². The summed E-state index contributed by atoms with van der Waals surface area (Å²) in [7, 11) is 0. The van der Waals surface area contributed by atoms with E-state index in [-0.39, 0.29) is 5.91 Å². The van der Waals surface area contributed by atoms with Crippen molar-refractivity contribution in [3.05, 3.63) is 114 Å². The largest absolute Gasteiger partial charge is 0.331 e. The van der Waals surface area contributed by atoms with Crippen molar-refractivity contribution < 1.29 is 9.69 Å². The number of hydrogen-bond acceptors (Lipinski definition) is 1. The van der Waals surface area contributed by atoms with Gasteiger partial charge in [0.2, 0.25) is 0 Å². The quantitative estimate of drug-likeness (QED) is 0.433.